The van der Waals surface area contributed by atoms with Crippen LogP contribution in [0.2, 0.25) is 0 Å². The molecule has 0 spiro atoms. The number of aliphatic hydroxyl groups excluding tert-OH is 1. The van der Waals surface area contributed by atoms with Gasteiger partial charge in [0, 0.05) is 6.54 Å². The molecule has 0 fully saturated rings. The van der Waals surface area contributed by atoms with Crippen LogP contribution in [0.25, 0.3) is 0 Å². The minimum Gasteiger partial charge on any atom is -0.395 e. The smallest absolute Gasteiger partial charge is 0.237 e. The lowest BCUT2D eigenvalue weighted by Gasteiger charge is -2.25. The van der Waals surface area contributed by atoms with Crippen molar-refractivity contribution in [1.82, 2.24) is 10.2 Å². The van der Waals surface area contributed by atoms with Crippen LogP contribution in [0, 0.1) is 5.82 Å². The molecule has 0 aliphatic rings. The summed E-state index contributed by atoms with van der Waals surface area (Å²) in [6.07, 6.45) is 0. The number of carbonyl (C=O) groups is 1. The van der Waals surface area contributed by atoms with Gasteiger partial charge in [-0.2, -0.15) is 0 Å². The van der Waals surface area contributed by atoms with E-state index >= 15 is 0 Å². The van der Waals surface area contributed by atoms with Crippen molar-refractivity contribution in [2.45, 2.75) is 25.9 Å². The van der Waals surface area contributed by atoms with Crippen LogP contribution in [0.5, 0.6) is 0 Å². The molecule has 4 nitrogen and oxygen atoms in total. The number of likely N-dealkylation sites (N-methyl/N-ethyl adjacent to an activating group) is 1. The van der Waals surface area contributed by atoms with Crippen molar-refractivity contribution in [1.29, 1.82) is 0 Å². The zero-order valence-electron chi connectivity index (χ0n) is 11.6. The van der Waals surface area contributed by atoms with E-state index in [-0.39, 0.29) is 30.4 Å². The Labute approximate surface area is 113 Å². The molecule has 0 heterocycles. The molecule has 1 aromatic rings. The summed E-state index contributed by atoms with van der Waals surface area (Å²) in [7, 11) is 1.78. The highest BCUT2D eigenvalue weighted by Gasteiger charge is 2.19. The lowest BCUT2D eigenvalue weighted by Crippen LogP contribution is -2.44. The predicted molar refractivity (Wildman–Crippen MR) is 72.1 cm³/mol. The molecule has 2 N–H and O–H groups in total. The first-order valence-electron chi connectivity index (χ1n) is 6.32. The Morgan fingerprint density at radius 2 is 1.95 bits per heavy atom. The number of aliphatic hydroxyl groups is 1. The summed E-state index contributed by atoms with van der Waals surface area (Å²) in [5, 5.41) is 11.7. The van der Waals surface area contributed by atoms with Crippen molar-refractivity contribution in [2.24, 2.45) is 0 Å². The average molecular weight is 268 g/mol. The molecule has 0 bridgehead atoms. The van der Waals surface area contributed by atoms with E-state index in [9.17, 15) is 9.18 Å². The monoisotopic (exact) mass is 268 g/mol. The Bertz CT molecular complexity index is 408. The van der Waals surface area contributed by atoms with E-state index in [2.05, 4.69) is 5.32 Å². The van der Waals surface area contributed by atoms with E-state index < -0.39 is 0 Å². The van der Waals surface area contributed by atoms with Gasteiger partial charge in [-0.15, -0.1) is 0 Å². The second-order valence-corrected chi connectivity index (χ2v) is 4.66. The lowest BCUT2D eigenvalue weighted by molar-refractivity contribution is -0.126. The summed E-state index contributed by atoms with van der Waals surface area (Å²) < 4.78 is 12.8. The fourth-order valence-electron chi connectivity index (χ4n) is 1.72. The van der Waals surface area contributed by atoms with Crippen LogP contribution in [0.15, 0.2) is 24.3 Å². The number of carbonyl (C=O) groups excluding carboxylic acids is 1. The third-order valence-electron chi connectivity index (χ3n) is 3.22. The number of nitrogens with one attached hydrogen (secondary N) is 1. The Kier molecular flexibility index (Phi) is 5.92. The first-order chi connectivity index (χ1) is 8.95. The average Bonchev–Trinajstić information content (AvgIpc) is 2.38. The third kappa shape index (κ3) is 4.61. The maximum absolute atomic E-state index is 12.8. The highest BCUT2D eigenvalue weighted by molar-refractivity contribution is 5.81. The van der Waals surface area contributed by atoms with E-state index in [1.165, 1.54) is 12.1 Å². The van der Waals surface area contributed by atoms with Gasteiger partial charge in [-0.05, 0) is 38.6 Å². The Hall–Kier alpha value is -1.46. The van der Waals surface area contributed by atoms with Gasteiger partial charge in [-0.25, -0.2) is 4.39 Å². The third-order valence-corrected chi connectivity index (χ3v) is 3.22. The molecule has 19 heavy (non-hydrogen) atoms. The van der Waals surface area contributed by atoms with Crippen molar-refractivity contribution in [3.63, 3.8) is 0 Å². The minimum absolute atomic E-state index is 0.0155. The van der Waals surface area contributed by atoms with Gasteiger partial charge in [-0.3, -0.25) is 9.69 Å². The molecule has 1 aromatic carbocycles. The van der Waals surface area contributed by atoms with Gasteiger partial charge in [0.25, 0.3) is 0 Å². The number of hydrogen-bond acceptors (Lipinski definition) is 3. The van der Waals surface area contributed by atoms with E-state index in [0.717, 1.165) is 5.56 Å². The first-order valence-corrected chi connectivity index (χ1v) is 6.32. The largest absolute Gasteiger partial charge is 0.395 e. The number of amides is 1. The maximum Gasteiger partial charge on any atom is 0.237 e. The zero-order chi connectivity index (χ0) is 14.4. The molecular weight excluding hydrogens is 247 g/mol. The summed E-state index contributed by atoms with van der Waals surface area (Å²) in [5.41, 5.74) is 0.853. The maximum atomic E-state index is 12.8. The van der Waals surface area contributed by atoms with Crippen molar-refractivity contribution in [3.8, 4) is 0 Å². The van der Waals surface area contributed by atoms with Gasteiger partial charge in [0.1, 0.15) is 5.82 Å². The number of rotatable bonds is 6. The standard InChI is InChI=1S/C14H21FN2O2/c1-10(12-4-6-13(15)7-5-12)16-14(19)11(2)17(3)8-9-18/h4-7,10-11,18H,8-9H2,1-3H3,(H,16,19). The van der Waals surface area contributed by atoms with Gasteiger partial charge >= 0.3 is 0 Å². The van der Waals surface area contributed by atoms with Crippen molar-refractivity contribution < 1.29 is 14.3 Å². The van der Waals surface area contributed by atoms with Crippen LogP contribution in [-0.2, 0) is 4.79 Å². The van der Waals surface area contributed by atoms with Gasteiger partial charge in [0.2, 0.25) is 5.91 Å². The molecular formula is C14H21FN2O2. The highest BCUT2D eigenvalue weighted by atomic mass is 19.1. The fraction of sp³-hybridized carbons (Fsp3) is 0.500. The molecule has 2 atom stereocenters. The molecule has 0 saturated carbocycles. The van der Waals surface area contributed by atoms with Crippen LogP contribution in [0.3, 0.4) is 0 Å². The molecule has 0 aromatic heterocycles. The Balaban J connectivity index is 2.58. The highest BCUT2D eigenvalue weighted by Crippen LogP contribution is 2.13. The summed E-state index contributed by atoms with van der Waals surface area (Å²) in [6.45, 7) is 4.09. The molecule has 2 unspecified atom stereocenters. The molecule has 5 heteroatoms. The molecule has 1 amide bonds. The van der Waals surface area contributed by atoms with Crippen LogP contribution < -0.4 is 5.32 Å². The van der Waals surface area contributed by atoms with Gasteiger partial charge in [0.15, 0.2) is 0 Å². The first kappa shape index (κ1) is 15.6. The fourth-order valence-corrected chi connectivity index (χ4v) is 1.72. The SMILES string of the molecule is CC(NC(=O)C(C)N(C)CCO)c1ccc(F)cc1. The number of nitrogens with zero attached hydrogens (tertiary/aromatic N) is 1. The lowest BCUT2D eigenvalue weighted by atomic mass is 10.1. The molecule has 0 aliphatic carbocycles. The van der Waals surface area contributed by atoms with E-state index in [1.54, 1.807) is 31.0 Å². The van der Waals surface area contributed by atoms with E-state index in [4.69, 9.17) is 5.11 Å². The van der Waals surface area contributed by atoms with Crippen LogP contribution in [0.1, 0.15) is 25.5 Å². The van der Waals surface area contributed by atoms with Crippen LogP contribution in [0.4, 0.5) is 4.39 Å². The second kappa shape index (κ2) is 7.21. The van der Waals surface area contributed by atoms with Crippen LogP contribution in [-0.4, -0.2) is 42.2 Å². The summed E-state index contributed by atoms with van der Waals surface area (Å²) in [4.78, 5) is 13.8. The molecule has 0 saturated heterocycles. The van der Waals surface area contributed by atoms with E-state index in [1.807, 2.05) is 6.92 Å². The Morgan fingerprint density at radius 3 is 2.47 bits per heavy atom. The number of halogens is 1. The minimum atomic E-state index is -0.324. The number of hydrogen-bond donors (Lipinski definition) is 2. The summed E-state index contributed by atoms with van der Waals surface area (Å²) >= 11 is 0. The molecule has 0 radical (unpaired) electrons. The second-order valence-electron chi connectivity index (χ2n) is 4.66. The Morgan fingerprint density at radius 1 is 1.37 bits per heavy atom. The predicted octanol–water partition coefficient (Wildman–Crippen LogP) is 1.32. The van der Waals surface area contributed by atoms with Crippen molar-refractivity contribution in [3.05, 3.63) is 35.6 Å². The van der Waals surface area contributed by atoms with Gasteiger partial charge in [0.05, 0.1) is 18.7 Å². The zero-order valence-corrected chi connectivity index (χ0v) is 11.6. The van der Waals surface area contributed by atoms with Crippen molar-refractivity contribution in [2.75, 3.05) is 20.2 Å². The molecule has 1 rings (SSSR count). The molecule has 0 aliphatic heterocycles. The van der Waals surface area contributed by atoms with Gasteiger partial charge < -0.3 is 10.4 Å². The summed E-state index contributed by atoms with van der Waals surface area (Å²) in [5.74, 6) is -0.411. The van der Waals surface area contributed by atoms with Crippen LogP contribution >= 0.6 is 0 Å². The van der Waals surface area contributed by atoms with Crippen molar-refractivity contribution >= 4 is 5.91 Å². The normalized spacial score (nSPS) is 14.2. The number of benzene rings is 1. The van der Waals surface area contributed by atoms with Gasteiger partial charge in [-0.1, -0.05) is 12.1 Å². The topological polar surface area (TPSA) is 52.6 Å². The summed E-state index contributed by atoms with van der Waals surface area (Å²) in [6, 6.07) is 5.55. The van der Waals surface area contributed by atoms with E-state index in [0.29, 0.717) is 6.54 Å². The molecule has 106 valence electrons. The quantitative estimate of drug-likeness (QED) is 0.818.